The zero-order valence-corrected chi connectivity index (χ0v) is 14.4. The average Bonchev–Trinajstić information content (AvgIpc) is 2.65. The van der Waals surface area contributed by atoms with Gasteiger partial charge in [0.1, 0.15) is 5.66 Å². The first-order valence-electron chi connectivity index (χ1n) is 8.12. The number of hydrogen-bond donors (Lipinski definition) is 0. The molecule has 0 spiro atoms. The summed E-state index contributed by atoms with van der Waals surface area (Å²) < 4.78 is 0. The van der Waals surface area contributed by atoms with Crippen molar-refractivity contribution in [3.63, 3.8) is 0 Å². The molecule has 2 aromatic carbocycles. The van der Waals surface area contributed by atoms with Crippen LogP contribution in [0.3, 0.4) is 0 Å². The van der Waals surface area contributed by atoms with E-state index in [0.29, 0.717) is 0 Å². The van der Waals surface area contributed by atoms with E-state index in [1.165, 1.54) is 22.0 Å². The highest BCUT2D eigenvalue weighted by atomic mass is 15.4. The molecule has 2 heteroatoms. The standard InChI is InChI=1S/C20H26N2/c1-19(2)18(21-20(3,4)22(19)5)14-13-16-11-8-10-15-9-6-7-12-17(15)16/h6-12H,13-14H2,1-5H3. The Bertz CT molecular complexity index is 720. The Morgan fingerprint density at radius 2 is 1.59 bits per heavy atom. The first kappa shape index (κ1) is 15.2. The van der Waals surface area contributed by atoms with Gasteiger partial charge >= 0.3 is 0 Å². The summed E-state index contributed by atoms with van der Waals surface area (Å²) in [5.41, 5.74) is 2.67. The highest BCUT2D eigenvalue weighted by molar-refractivity contribution is 5.95. The summed E-state index contributed by atoms with van der Waals surface area (Å²) in [5, 5.41) is 2.69. The molecule has 3 rings (SSSR count). The largest absolute Gasteiger partial charge is 0.272 e. The van der Waals surface area contributed by atoms with E-state index in [0.717, 1.165) is 12.8 Å². The van der Waals surface area contributed by atoms with Gasteiger partial charge in [0.05, 0.1) is 5.54 Å². The van der Waals surface area contributed by atoms with Crippen molar-refractivity contribution in [3.05, 3.63) is 48.0 Å². The monoisotopic (exact) mass is 294 g/mol. The van der Waals surface area contributed by atoms with E-state index < -0.39 is 0 Å². The van der Waals surface area contributed by atoms with Crippen LogP contribution in [0.1, 0.15) is 39.7 Å². The predicted molar refractivity (Wildman–Crippen MR) is 95.6 cm³/mol. The SMILES string of the molecule is CN1C(C)(C)N=C(CCc2cccc3ccccc23)C1(C)C. The van der Waals surface area contributed by atoms with Gasteiger partial charge < -0.3 is 0 Å². The molecule has 2 nitrogen and oxygen atoms in total. The molecule has 0 aliphatic carbocycles. The van der Waals surface area contributed by atoms with Gasteiger partial charge in [0.15, 0.2) is 0 Å². The van der Waals surface area contributed by atoms with Gasteiger partial charge in [-0.05, 0) is 63.9 Å². The molecule has 1 aliphatic rings. The number of aliphatic imine (C=N–C) groups is 1. The second kappa shape index (κ2) is 5.20. The predicted octanol–water partition coefficient (Wildman–Crippen LogP) is 4.67. The number of fused-ring (bicyclic) bond motifs is 1. The highest BCUT2D eigenvalue weighted by Gasteiger charge is 2.44. The van der Waals surface area contributed by atoms with Crippen molar-refractivity contribution < 1.29 is 0 Å². The van der Waals surface area contributed by atoms with E-state index in [9.17, 15) is 0 Å². The Hall–Kier alpha value is -1.67. The summed E-state index contributed by atoms with van der Waals surface area (Å²) in [4.78, 5) is 7.37. The summed E-state index contributed by atoms with van der Waals surface area (Å²) in [6.45, 7) is 8.95. The molecule has 0 atom stereocenters. The number of benzene rings is 2. The molecular formula is C20H26N2. The fourth-order valence-electron chi connectivity index (χ4n) is 3.55. The lowest BCUT2D eigenvalue weighted by Gasteiger charge is -2.36. The molecule has 0 bridgehead atoms. The maximum absolute atomic E-state index is 4.99. The third-order valence-electron chi connectivity index (χ3n) is 5.29. The van der Waals surface area contributed by atoms with Crippen LogP contribution < -0.4 is 0 Å². The third-order valence-corrected chi connectivity index (χ3v) is 5.29. The Labute approximate surface area is 133 Å². The Balaban J connectivity index is 1.86. The Kier molecular flexibility index (Phi) is 3.60. The second-order valence-corrected chi connectivity index (χ2v) is 7.31. The smallest absolute Gasteiger partial charge is 0.107 e. The molecule has 0 fully saturated rings. The molecule has 0 aromatic heterocycles. The first-order valence-corrected chi connectivity index (χ1v) is 8.12. The lowest BCUT2D eigenvalue weighted by Crippen LogP contribution is -2.49. The minimum atomic E-state index is -0.0996. The third kappa shape index (κ3) is 2.46. The molecule has 116 valence electrons. The Morgan fingerprint density at radius 3 is 2.27 bits per heavy atom. The van der Waals surface area contributed by atoms with Crippen molar-refractivity contribution in [2.24, 2.45) is 4.99 Å². The highest BCUT2D eigenvalue weighted by Crippen LogP contribution is 2.35. The van der Waals surface area contributed by atoms with Gasteiger partial charge in [-0.3, -0.25) is 9.89 Å². The summed E-state index contributed by atoms with van der Waals surface area (Å²) in [6.07, 6.45) is 2.07. The lowest BCUT2D eigenvalue weighted by molar-refractivity contribution is 0.120. The van der Waals surface area contributed by atoms with E-state index >= 15 is 0 Å². The number of nitrogens with zero attached hydrogens (tertiary/aromatic N) is 2. The van der Waals surface area contributed by atoms with Gasteiger partial charge in [0, 0.05) is 5.71 Å². The molecule has 0 saturated heterocycles. The lowest BCUT2D eigenvalue weighted by atomic mass is 9.91. The van der Waals surface area contributed by atoms with Gasteiger partial charge in [0.25, 0.3) is 0 Å². The molecule has 0 amide bonds. The van der Waals surface area contributed by atoms with Crippen LogP contribution in [0, 0.1) is 0 Å². The van der Waals surface area contributed by atoms with Crippen LogP contribution in [0.25, 0.3) is 10.8 Å². The summed E-state index contributed by atoms with van der Waals surface area (Å²) in [5.74, 6) is 0. The van der Waals surface area contributed by atoms with E-state index in [4.69, 9.17) is 4.99 Å². The summed E-state index contributed by atoms with van der Waals surface area (Å²) in [7, 11) is 2.18. The molecule has 0 N–H and O–H groups in total. The summed E-state index contributed by atoms with van der Waals surface area (Å²) >= 11 is 0. The number of aryl methyl sites for hydroxylation is 1. The summed E-state index contributed by atoms with van der Waals surface area (Å²) in [6, 6.07) is 15.2. The number of hydrogen-bond acceptors (Lipinski definition) is 2. The van der Waals surface area contributed by atoms with Crippen molar-refractivity contribution in [1.29, 1.82) is 0 Å². The first-order chi connectivity index (χ1) is 10.3. The number of rotatable bonds is 3. The maximum Gasteiger partial charge on any atom is 0.107 e. The van der Waals surface area contributed by atoms with E-state index in [1.807, 2.05) is 0 Å². The normalized spacial score (nSPS) is 20.3. The molecular weight excluding hydrogens is 268 g/mol. The van der Waals surface area contributed by atoms with E-state index in [2.05, 4.69) is 82.1 Å². The zero-order chi connectivity index (χ0) is 16.0. The maximum atomic E-state index is 4.99. The van der Waals surface area contributed by atoms with Crippen LogP contribution in [-0.4, -0.2) is 28.9 Å². The van der Waals surface area contributed by atoms with Crippen LogP contribution in [-0.2, 0) is 6.42 Å². The fraction of sp³-hybridized carbons (Fsp3) is 0.450. The van der Waals surface area contributed by atoms with Crippen molar-refractivity contribution in [1.82, 2.24) is 4.90 Å². The van der Waals surface area contributed by atoms with E-state index in [-0.39, 0.29) is 11.2 Å². The average molecular weight is 294 g/mol. The van der Waals surface area contributed by atoms with Crippen molar-refractivity contribution >= 4 is 16.5 Å². The van der Waals surface area contributed by atoms with Crippen LogP contribution >= 0.6 is 0 Å². The molecule has 0 saturated carbocycles. The molecule has 22 heavy (non-hydrogen) atoms. The van der Waals surface area contributed by atoms with Crippen molar-refractivity contribution in [3.8, 4) is 0 Å². The topological polar surface area (TPSA) is 15.6 Å². The van der Waals surface area contributed by atoms with Gasteiger partial charge in [-0.1, -0.05) is 42.5 Å². The minimum Gasteiger partial charge on any atom is -0.272 e. The Morgan fingerprint density at radius 1 is 0.909 bits per heavy atom. The fourth-order valence-corrected chi connectivity index (χ4v) is 3.55. The van der Waals surface area contributed by atoms with Gasteiger partial charge in [-0.15, -0.1) is 0 Å². The van der Waals surface area contributed by atoms with Crippen molar-refractivity contribution in [2.75, 3.05) is 7.05 Å². The van der Waals surface area contributed by atoms with Crippen LogP contribution in [0.15, 0.2) is 47.5 Å². The molecule has 1 aliphatic heterocycles. The molecule has 0 unspecified atom stereocenters. The van der Waals surface area contributed by atoms with Gasteiger partial charge in [-0.2, -0.15) is 0 Å². The van der Waals surface area contributed by atoms with Crippen LogP contribution in [0.5, 0.6) is 0 Å². The van der Waals surface area contributed by atoms with E-state index in [1.54, 1.807) is 0 Å². The quantitative estimate of drug-likeness (QED) is 0.803. The van der Waals surface area contributed by atoms with Crippen LogP contribution in [0.4, 0.5) is 0 Å². The molecule has 2 aromatic rings. The molecule has 1 heterocycles. The second-order valence-electron chi connectivity index (χ2n) is 7.31. The van der Waals surface area contributed by atoms with Gasteiger partial charge in [-0.25, -0.2) is 0 Å². The van der Waals surface area contributed by atoms with Crippen molar-refractivity contribution in [2.45, 2.75) is 51.7 Å². The minimum absolute atomic E-state index is 0.0358. The zero-order valence-electron chi connectivity index (χ0n) is 14.4. The van der Waals surface area contributed by atoms with Crippen LogP contribution in [0.2, 0.25) is 0 Å². The van der Waals surface area contributed by atoms with Gasteiger partial charge in [0.2, 0.25) is 0 Å². The molecule has 0 radical (unpaired) electrons.